The first kappa shape index (κ1) is 10.3. The van der Waals surface area contributed by atoms with E-state index in [1.807, 2.05) is 12.1 Å². The maximum absolute atomic E-state index is 9.40. The Labute approximate surface area is 105 Å². The van der Waals surface area contributed by atoms with Gasteiger partial charge < -0.3 is 9.52 Å². The third-order valence-electron chi connectivity index (χ3n) is 2.43. The summed E-state index contributed by atoms with van der Waals surface area (Å²) in [7, 11) is 0. The first-order valence-electron chi connectivity index (χ1n) is 4.93. The number of hydrogen-bond acceptors (Lipinski definition) is 4. The molecule has 4 nitrogen and oxygen atoms in total. The minimum absolute atomic E-state index is 0.183. The van der Waals surface area contributed by atoms with Crippen LogP contribution in [0.25, 0.3) is 22.4 Å². The van der Waals surface area contributed by atoms with Gasteiger partial charge in [-0.1, -0.05) is 0 Å². The molecule has 0 radical (unpaired) electrons. The number of furan rings is 1. The fraction of sp³-hybridized carbons (Fsp3) is 0. The van der Waals surface area contributed by atoms with E-state index in [-0.39, 0.29) is 5.75 Å². The van der Waals surface area contributed by atoms with E-state index in [0.29, 0.717) is 21.6 Å². The summed E-state index contributed by atoms with van der Waals surface area (Å²) in [6.45, 7) is 0. The zero-order chi connectivity index (χ0) is 11.8. The number of rotatable bonds is 1. The third kappa shape index (κ3) is 1.78. The molecule has 0 fully saturated rings. The zero-order valence-corrected chi connectivity index (χ0v) is 10.2. The summed E-state index contributed by atoms with van der Waals surface area (Å²) in [6, 6.07) is 8.62. The molecule has 3 rings (SSSR count). The number of phenolic OH excluding ortho intramolecular Hbond substituents is 1. The monoisotopic (exact) mass is 290 g/mol. The van der Waals surface area contributed by atoms with Crippen LogP contribution in [-0.2, 0) is 0 Å². The van der Waals surface area contributed by atoms with Crippen molar-refractivity contribution in [1.29, 1.82) is 0 Å². The number of aromatic nitrogens is 2. The van der Waals surface area contributed by atoms with Crippen molar-refractivity contribution in [3.8, 4) is 17.2 Å². The van der Waals surface area contributed by atoms with Gasteiger partial charge in [-0.25, -0.2) is 9.97 Å². The Kier molecular flexibility index (Phi) is 2.33. The zero-order valence-electron chi connectivity index (χ0n) is 8.59. The molecule has 84 valence electrons. The van der Waals surface area contributed by atoms with Crippen LogP contribution < -0.4 is 0 Å². The van der Waals surface area contributed by atoms with Crippen molar-refractivity contribution in [2.75, 3.05) is 0 Å². The fourth-order valence-electron chi connectivity index (χ4n) is 1.68. The predicted octanol–water partition coefficient (Wildman–Crippen LogP) is 3.36. The van der Waals surface area contributed by atoms with Gasteiger partial charge in [0, 0.05) is 11.5 Å². The molecule has 3 aromatic rings. The standard InChI is InChI=1S/C12H7BrN2O2/c13-11-4-3-10(17-11)12-8-2-1-7(16)5-9(8)14-6-15-12/h1-6,16H. The lowest BCUT2D eigenvalue weighted by Crippen LogP contribution is -1.87. The van der Waals surface area contributed by atoms with Gasteiger partial charge in [-0.2, -0.15) is 0 Å². The SMILES string of the molecule is Oc1ccc2c(-c3ccc(Br)o3)ncnc2c1. The van der Waals surface area contributed by atoms with Gasteiger partial charge in [0.1, 0.15) is 17.8 Å². The smallest absolute Gasteiger partial charge is 0.169 e. The second kappa shape index (κ2) is 3.85. The average Bonchev–Trinajstić information content (AvgIpc) is 2.74. The minimum Gasteiger partial charge on any atom is -0.508 e. The molecule has 17 heavy (non-hydrogen) atoms. The Morgan fingerprint density at radius 1 is 1.12 bits per heavy atom. The van der Waals surface area contributed by atoms with E-state index in [4.69, 9.17) is 4.42 Å². The second-order valence-corrected chi connectivity index (χ2v) is 4.31. The van der Waals surface area contributed by atoms with E-state index in [2.05, 4.69) is 25.9 Å². The topological polar surface area (TPSA) is 59.2 Å². The van der Waals surface area contributed by atoms with Gasteiger partial charge in [-0.15, -0.1) is 0 Å². The summed E-state index contributed by atoms with van der Waals surface area (Å²) < 4.78 is 6.12. The molecule has 0 spiro atoms. The van der Waals surface area contributed by atoms with Gasteiger partial charge in [0.25, 0.3) is 0 Å². The molecular weight excluding hydrogens is 284 g/mol. The highest BCUT2D eigenvalue weighted by atomic mass is 79.9. The van der Waals surface area contributed by atoms with E-state index in [9.17, 15) is 5.11 Å². The number of nitrogens with zero attached hydrogens (tertiary/aromatic N) is 2. The van der Waals surface area contributed by atoms with Gasteiger partial charge in [-0.05, 0) is 40.2 Å². The second-order valence-electron chi connectivity index (χ2n) is 3.53. The highest BCUT2D eigenvalue weighted by Crippen LogP contribution is 2.29. The first-order chi connectivity index (χ1) is 8.24. The van der Waals surface area contributed by atoms with Crippen molar-refractivity contribution in [3.63, 3.8) is 0 Å². The number of halogens is 1. The van der Waals surface area contributed by atoms with Gasteiger partial charge >= 0.3 is 0 Å². The average molecular weight is 291 g/mol. The van der Waals surface area contributed by atoms with Crippen molar-refractivity contribution in [1.82, 2.24) is 9.97 Å². The number of hydrogen-bond donors (Lipinski definition) is 1. The van der Waals surface area contributed by atoms with Crippen LogP contribution in [0.15, 0.2) is 45.7 Å². The van der Waals surface area contributed by atoms with E-state index in [1.54, 1.807) is 18.2 Å². The number of fused-ring (bicyclic) bond motifs is 1. The van der Waals surface area contributed by atoms with E-state index < -0.39 is 0 Å². The van der Waals surface area contributed by atoms with Crippen LogP contribution in [0, 0.1) is 0 Å². The Bertz CT molecular complexity index is 694. The molecule has 0 saturated heterocycles. The molecule has 2 aromatic heterocycles. The van der Waals surface area contributed by atoms with Crippen LogP contribution >= 0.6 is 15.9 Å². The summed E-state index contributed by atoms with van der Waals surface area (Å²) in [5.41, 5.74) is 1.39. The molecule has 2 heterocycles. The van der Waals surface area contributed by atoms with Crippen molar-refractivity contribution in [2.24, 2.45) is 0 Å². The maximum Gasteiger partial charge on any atom is 0.169 e. The number of aromatic hydroxyl groups is 1. The molecular formula is C12H7BrN2O2. The van der Waals surface area contributed by atoms with Crippen LogP contribution in [-0.4, -0.2) is 15.1 Å². The van der Waals surface area contributed by atoms with E-state index in [0.717, 1.165) is 5.39 Å². The Morgan fingerprint density at radius 3 is 2.76 bits per heavy atom. The van der Waals surface area contributed by atoms with Gasteiger partial charge in [-0.3, -0.25) is 0 Å². The normalized spacial score (nSPS) is 10.9. The van der Waals surface area contributed by atoms with Gasteiger partial charge in [0.05, 0.1) is 5.52 Å². The lowest BCUT2D eigenvalue weighted by Gasteiger charge is -2.02. The van der Waals surface area contributed by atoms with Crippen LogP contribution in [0.3, 0.4) is 0 Å². The minimum atomic E-state index is 0.183. The molecule has 1 N–H and O–H groups in total. The maximum atomic E-state index is 9.40. The highest BCUT2D eigenvalue weighted by Gasteiger charge is 2.10. The number of benzene rings is 1. The first-order valence-corrected chi connectivity index (χ1v) is 5.73. The molecule has 0 aliphatic rings. The lowest BCUT2D eigenvalue weighted by atomic mass is 10.1. The van der Waals surface area contributed by atoms with Gasteiger partial charge in [0.15, 0.2) is 10.4 Å². The molecule has 0 aliphatic heterocycles. The summed E-state index contributed by atoms with van der Waals surface area (Å²) in [5, 5.41) is 10.2. The van der Waals surface area contributed by atoms with Crippen LogP contribution in [0.4, 0.5) is 0 Å². The molecule has 5 heteroatoms. The van der Waals surface area contributed by atoms with E-state index >= 15 is 0 Å². The molecule has 0 amide bonds. The van der Waals surface area contributed by atoms with Crippen LogP contribution in [0.5, 0.6) is 5.75 Å². The summed E-state index contributed by atoms with van der Waals surface area (Å²) in [5.74, 6) is 0.845. The summed E-state index contributed by atoms with van der Waals surface area (Å²) in [6.07, 6.45) is 1.45. The number of phenols is 1. The third-order valence-corrected chi connectivity index (χ3v) is 2.85. The molecule has 0 aliphatic carbocycles. The van der Waals surface area contributed by atoms with Crippen molar-refractivity contribution in [3.05, 3.63) is 41.3 Å². The molecule has 1 aromatic carbocycles. The van der Waals surface area contributed by atoms with Crippen molar-refractivity contribution in [2.45, 2.75) is 0 Å². The Morgan fingerprint density at radius 2 is 2.00 bits per heavy atom. The van der Waals surface area contributed by atoms with Gasteiger partial charge in [0.2, 0.25) is 0 Å². The fourth-order valence-corrected chi connectivity index (χ4v) is 1.99. The van der Waals surface area contributed by atoms with Crippen molar-refractivity contribution >= 4 is 26.8 Å². The largest absolute Gasteiger partial charge is 0.508 e. The predicted molar refractivity (Wildman–Crippen MR) is 66.6 cm³/mol. The Hall–Kier alpha value is -1.88. The molecule has 0 atom stereocenters. The summed E-state index contributed by atoms with van der Waals surface area (Å²) in [4.78, 5) is 8.32. The van der Waals surface area contributed by atoms with E-state index in [1.165, 1.54) is 6.33 Å². The van der Waals surface area contributed by atoms with Crippen LogP contribution in [0.2, 0.25) is 0 Å². The highest BCUT2D eigenvalue weighted by molar-refractivity contribution is 9.10. The Balaban J connectivity index is 2.30. The quantitative estimate of drug-likeness (QED) is 0.747. The van der Waals surface area contributed by atoms with Crippen molar-refractivity contribution < 1.29 is 9.52 Å². The molecule has 0 saturated carbocycles. The molecule has 0 bridgehead atoms. The lowest BCUT2D eigenvalue weighted by molar-refractivity contribution is 0.476. The molecule has 0 unspecified atom stereocenters. The summed E-state index contributed by atoms with van der Waals surface area (Å²) >= 11 is 3.26. The van der Waals surface area contributed by atoms with Crippen LogP contribution in [0.1, 0.15) is 0 Å².